The molecule has 2 aromatic rings. The maximum absolute atomic E-state index is 13.8. The lowest BCUT2D eigenvalue weighted by atomic mass is 9.90. The number of halogens is 2. The van der Waals surface area contributed by atoms with Crippen LogP contribution in [-0.4, -0.2) is 10.9 Å². The highest BCUT2D eigenvalue weighted by atomic mass is 19.3. The number of rotatable bonds is 6. The zero-order valence-corrected chi connectivity index (χ0v) is 18.3. The van der Waals surface area contributed by atoms with Crippen LogP contribution in [0, 0.1) is 0 Å². The second-order valence-corrected chi connectivity index (χ2v) is 9.04. The first-order chi connectivity index (χ1) is 15.3. The van der Waals surface area contributed by atoms with Crippen molar-refractivity contribution in [3.05, 3.63) is 101 Å². The summed E-state index contributed by atoms with van der Waals surface area (Å²) in [6.07, 6.45) is 8.33. The zero-order valence-electron chi connectivity index (χ0n) is 18.3. The lowest BCUT2D eigenvalue weighted by molar-refractivity contribution is 0.0130. The fourth-order valence-electron chi connectivity index (χ4n) is 4.74. The number of hydrogen-bond donors (Lipinski definition) is 2. The van der Waals surface area contributed by atoms with Crippen molar-refractivity contribution in [3.63, 3.8) is 0 Å². The van der Waals surface area contributed by atoms with Crippen LogP contribution in [0.4, 0.5) is 14.6 Å². The molecule has 1 saturated carbocycles. The number of benzene rings is 1. The second-order valence-electron chi connectivity index (χ2n) is 9.04. The van der Waals surface area contributed by atoms with Gasteiger partial charge in [-0.05, 0) is 59.7 Å². The number of anilines is 1. The predicted molar refractivity (Wildman–Crippen MR) is 125 cm³/mol. The Labute approximate surface area is 187 Å². The minimum Gasteiger partial charge on any atom is -0.361 e. The second kappa shape index (κ2) is 7.44. The van der Waals surface area contributed by atoms with E-state index in [-0.39, 0.29) is 18.3 Å². The Morgan fingerprint density at radius 2 is 1.91 bits per heavy atom. The molecule has 32 heavy (non-hydrogen) atoms. The number of pyridine rings is 1. The van der Waals surface area contributed by atoms with E-state index in [0.717, 1.165) is 70.0 Å². The summed E-state index contributed by atoms with van der Waals surface area (Å²) in [6, 6.07) is 9.90. The van der Waals surface area contributed by atoms with Crippen LogP contribution in [0.5, 0.6) is 0 Å². The number of aromatic nitrogens is 1. The standard InChI is InChI=1S/C27H27F2N3/c1-4-19-8-10-24(32-25(19)21-6-5-17(2)30-16-21)31-18(3)26(11-12-26)23-9-7-20-14-27(28,29)15-22(20)13-23/h5-10,13,16,30H,2-4,11-12,14-15H2,1H3,(H,31,32). The van der Waals surface area contributed by atoms with E-state index in [1.54, 1.807) is 0 Å². The van der Waals surface area contributed by atoms with Crippen LogP contribution in [-0.2, 0) is 24.7 Å². The van der Waals surface area contributed by atoms with Crippen molar-refractivity contribution in [2.24, 2.45) is 0 Å². The van der Waals surface area contributed by atoms with Crippen molar-refractivity contribution in [2.75, 3.05) is 5.32 Å². The summed E-state index contributed by atoms with van der Waals surface area (Å²) in [5, 5.41) is 6.57. The van der Waals surface area contributed by atoms with E-state index < -0.39 is 5.92 Å². The molecule has 0 unspecified atom stereocenters. The molecule has 0 radical (unpaired) electrons. The fourth-order valence-corrected chi connectivity index (χ4v) is 4.74. The van der Waals surface area contributed by atoms with Crippen LogP contribution in [0.2, 0.25) is 0 Å². The van der Waals surface area contributed by atoms with Gasteiger partial charge in [0.15, 0.2) is 0 Å². The molecule has 0 saturated heterocycles. The summed E-state index contributed by atoms with van der Waals surface area (Å²) < 4.78 is 27.7. The Kier molecular flexibility index (Phi) is 4.81. The number of dihydropyridines is 1. The maximum Gasteiger partial charge on any atom is 0.256 e. The van der Waals surface area contributed by atoms with E-state index >= 15 is 0 Å². The van der Waals surface area contributed by atoms with Crippen molar-refractivity contribution in [3.8, 4) is 0 Å². The van der Waals surface area contributed by atoms with E-state index in [1.807, 2.05) is 42.6 Å². The van der Waals surface area contributed by atoms with Crippen molar-refractivity contribution in [1.29, 1.82) is 0 Å². The maximum atomic E-state index is 13.8. The molecule has 3 nitrogen and oxygen atoms in total. The number of hydrogen-bond acceptors (Lipinski definition) is 3. The molecule has 2 N–H and O–H groups in total. The fraction of sp³-hybridized carbons (Fsp3) is 0.296. The molecular weight excluding hydrogens is 404 g/mol. The van der Waals surface area contributed by atoms with Gasteiger partial charge in [-0.15, -0.1) is 0 Å². The molecule has 2 heterocycles. The van der Waals surface area contributed by atoms with Crippen LogP contribution in [0.1, 0.15) is 47.7 Å². The summed E-state index contributed by atoms with van der Waals surface area (Å²) in [4.78, 5) is 4.88. The lowest BCUT2D eigenvalue weighted by Gasteiger charge is -2.22. The molecule has 1 aliphatic heterocycles. The van der Waals surface area contributed by atoms with Gasteiger partial charge in [-0.25, -0.2) is 13.8 Å². The Hall–Kier alpha value is -3.21. The Balaban J connectivity index is 1.39. The molecular formula is C27H27F2N3. The zero-order chi connectivity index (χ0) is 22.5. The van der Waals surface area contributed by atoms with Gasteiger partial charge in [-0.2, -0.15) is 0 Å². The Morgan fingerprint density at radius 1 is 1.12 bits per heavy atom. The van der Waals surface area contributed by atoms with Crippen LogP contribution in [0.15, 0.2) is 73.2 Å². The predicted octanol–water partition coefficient (Wildman–Crippen LogP) is 6.05. The van der Waals surface area contributed by atoms with Gasteiger partial charge in [0.25, 0.3) is 5.92 Å². The summed E-state index contributed by atoms with van der Waals surface area (Å²) in [5.74, 6) is -1.89. The molecule has 164 valence electrons. The largest absolute Gasteiger partial charge is 0.361 e. The van der Waals surface area contributed by atoms with E-state index in [1.165, 1.54) is 0 Å². The quantitative estimate of drug-likeness (QED) is 0.585. The third kappa shape index (κ3) is 3.66. The third-order valence-electron chi connectivity index (χ3n) is 6.77. The van der Waals surface area contributed by atoms with Crippen LogP contribution in [0.25, 0.3) is 5.57 Å². The van der Waals surface area contributed by atoms with Crippen LogP contribution < -0.4 is 10.6 Å². The average Bonchev–Trinajstić information content (AvgIpc) is 3.51. The first kappa shape index (κ1) is 20.7. The highest BCUT2D eigenvalue weighted by molar-refractivity contribution is 5.76. The van der Waals surface area contributed by atoms with E-state index in [0.29, 0.717) is 0 Å². The van der Waals surface area contributed by atoms with Gasteiger partial charge in [0.05, 0.1) is 5.69 Å². The Morgan fingerprint density at radius 3 is 2.59 bits per heavy atom. The molecule has 0 bridgehead atoms. The number of allylic oxidation sites excluding steroid dienone is 4. The number of fused-ring (bicyclic) bond motifs is 1. The Bertz CT molecular complexity index is 1190. The summed E-state index contributed by atoms with van der Waals surface area (Å²) >= 11 is 0. The summed E-state index contributed by atoms with van der Waals surface area (Å²) in [7, 11) is 0. The van der Waals surface area contributed by atoms with E-state index in [9.17, 15) is 8.78 Å². The van der Waals surface area contributed by atoms with Gasteiger partial charge >= 0.3 is 0 Å². The molecule has 1 fully saturated rings. The lowest BCUT2D eigenvalue weighted by Crippen LogP contribution is -2.18. The highest BCUT2D eigenvalue weighted by Gasteiger charge is 2.48. The number of aryl methyl sites for hydroxylation is 1. The SMILES string of the molecule is C=C1C=CC(c2nc(NC(=C)C3(c4ccc5c(c4)CC(F)(F)C5)CC3)ccc2CC)=CN1. The molecule has 0 amide bonds. The molecule has 2 aliphatic carbocycles. The molecule has 0 spiro atoms. The van der Waals surface area contributed by atoms with Gasteiger partial charge < -0.3 is 10.6 Å². The van der Waals surface area contributed by atoms with Crippen molar-refractivity contribution in [1.82, 2.24) is 10.3 Å². The van der Waals surface area contributed by atoms with Crippen molar-refractivity contribution in [2.45, 2.75) is 50.4 Å². The monoisotopic (exact) mass is 431 g/mol. The number of nitrogens with zero attached hydrogens (tertiary/aromatic N) is 1. The summed E-state index contributed by atoms with van der Waals surface area (Å²) in [6.45, 7) is 10.3. The first-order valence-corrected chi connectivity index (χ1v) is 11.1. The molecule has 1 aromatic carbocycles. The molecule has 1 aromatic heterocycles. The van der Waals surface area contributed by atoms with Crippen molar-refractivity contribution < 1.29 is 8.78 Å². The van der Waals surface area contributed by atoms with Crippen molar-refractivity contribution >= 4 is 11.4 Å². The van der Waals surface area contributed by atoms with E-state index in [4.69, 9.17) is 4.98 Å². The van der Waals surface area contributed by atoms with Gasteiger partial charge in [0, 0.05) is 41.4 Å². The molecule has 5 rings (SSSR count). The molecule has 0 atom stereocenters. The molecule has 3 aliphatic rings. The smallest absolute Gasteiger partial charge is 0.256 e. The number of nitrogens with one attached hydrogen (secondary N) is 2. The highest BCUT2D eigenvalue weighted by Crippen LogP contribution is 2.54. The minimum atomic E-state index is -2.63. The number of alkyl halides is 2. The van der Waals surface area contributed by atoms with Gasteiger partial charge in [0.2, 0.25) is 0 Å². The van der Waals surface area contributed by atoms with Gasteiger partial charge in [-0.3, -0.25) is 0 Å². The average molecular weight is 432 g/mol. The van der Waals surface area contributed by atoms with Gasteiger partial charge in [0.1, 0.15) is 5.82 Å². The minimum absolute atomic E-state index is 0.155. The first-order valence-electron chi connectivity index (χ1n) is 11.1. The topological polar surface area (TPSA) is 37.0 Å². The normalized spacial score (nSPS) is 19.7. The van der Waals surface area contributed by atoms with Crippen LogP contribution >= 0.6 is 0 Å². The van der Waals surface area contributed by atoms with E-state index in [2.05, 4.69) is 36.8 Å². The third-order valence-corrected chi connectivity index (χ3v) is 6.77. The summed E-state index contributed by atoms with van der Waals surface area (Å²) in [5.41, 5.74) is 7.17. The van der Waals surface area contributed by atoms with Gasteiger partial charge in [-0.1, -0.05) is 44.3 Å². The van der Waals surface area contributed by atoms with Crippen LogP contribution in [0.3, 0.4) is 0 Å². The molecule has 5 heteroatoms.